The normalized spacial score (nSPS) is 17.9. The van der Waals surface area contributed by atoms with Gasteiger partial charge in [-0.15, -0.1) is 0 Å². The van der Waals surface area contributed by atoms with Crippen molar-refractivity contribution in [1.29, 1.82) is 0 Å². The van der Waals surface area contributed by atoms with E-state index in [-0.39, 0.29) is 11.2 Å². The maximum absolute atomic E-state index is 12.4. The molecule has 1 atom stereocenters. The summed E-state index contributed by atoms with van der Waals surface area (Å²) in [6.45, 7) is 4.84. The predicted octanol–water partition coefficient (Wildman–Crippen LogP) is 3.77. The van der Waals surface area contributed by atoms with Crippen molar-refractivity contribution in [1.82, 2.24) is 19.9 Å². The van der Waals surface area contributed by atoms with E-state index < -0.39 is 0 Å². The molecule has 1 N–H and O–H groups in total. The fourth-order valence-electron chi connectivity index (χ4n) is 3.43. The van der Waals surface area contributed by atoms with Gasteiger partial charge in [0.25, 0.3) is 0 Å². The minimum Gasteiger partial charge on any atom is -0.355 e. The number of hydrogen-bond donors (Lipinski definition) is 1. The molecule has 0 unspecified atom stereocenters. The quantitative estimate of drug-likeness (QED) is 0.766. The van der Waals surface area contributed by atoms with E-state index in [0.29, 0.717) is 0 Å². The van der Waals surface area contributed by atoms with Gasteiger partial charge in [-0.3, -0.25) is 4.79 Å². The number of amides is 1. The van der Waals surface area contributed by atoms with Gasteiger partial charge in [-0.05, 0) is 38.3 Å². The summed E-state index contributed by atoms with van der Waals surface area (Å²) < 4.78 is 1.91. The third kappa shape index (κ3) is 3.21. The Morgan fingerprint density at radius 2 is 2.00 bits per heavy atom. The van der Waals surface area contributed by atoms with Crippen LogP contribution in [0.5, 0.6) is 0 Å². The summed E-state index contributed by atoms with van der Waals surface area (Å²) >= 11 is 1.53. The molecule has 0 bridgehead atoms. The first-order valence-corrected chi connectivity index (χ1v) is 9.88. The molecular formula is C20H22N4OS. The lowest BCUT2D eigenvalue weighted by Crippen LogP contribution is -2.30. The highest BCUT2D eigenvalue weighted by Crippen LogP contribution is 2.34. The number of aromatic nitrogens is 3. The second-order valence-corrected chi connectivity index (χ2v) is 7.90. The number of aryl methyl sites for hydroxylation is 2. The largest absolute Gasteiger partial charge is 0.355 e. The van der Waals surface area contributed by atoms with Gasteiger partial charge in [0, 0.05) is 12.1 Å². The molecule has 0 radical (unpaired) electrons. The molecule has 1 aromatic carbocycles. The maximum atomic E-state index is 12.4. The Morgan fingerprint density at radius 3 is 2.81 bits per heavy atom. The van der Waals surface area contributed by atoms with Crippen molar-refractivity contribution < 1.29 is 4.79 Å². The molecule has 1 saturated heterocycles. The van der Waals surface area contributed by atoms with Gasteiger partial charge < -0.3 is 5.32 Å². The van der Waals surface area contributed by atoms with E-state index in [1.165, 1.54) is 11.8 Å². The number of nitrogens with zero attached hydrogens (tertiary/aromatic N) is 3. The molecule has 5 nitrogen and oxygen atoms in total. The van der Waals surface area contributed by atoms with Gasteiger partial charge in [-0.2, -0.15) is 5.10 Å². The predicted molar refractivity (Wildman–Crippen MR) is 104 cm³/mol. The minimum absolute atomic E-state index is 0.106. The van der Waals surface area contributed by atoms with Gasteiger partial charge in [0.1, 0.15) is 0 Å². The van der Waals surface area contributed by atoms with Crippen LogP contribution in [0.1, 0.15) is 30.5 Å². The molecule has 1 aliphatic rings. The van der Waals surface area contributed by atoms with Crippen LogP contribution in [-0.2, 0) is 4.79 Å². The Bertz CT molecular complexity index is 951. The zero-order chi connectivity index (χ0) is 18.1. The molecule has 0 spiro atoms. The third-order valence-corrected chi connectivity index (χ3v) is 5.87. The lowest BCUT2D eigenvalue weighted by Gasteiger charge is -2.11. The summed E-state index contributed by atoms with van der Waals surface area (Å²) in [6, 6.07) is 12.2. The molecule has 4 rings (SSSR count). The van der Waals surface area contributed by atoms with E-state index in [9.17, 15) is 4.79 Å². The first-order chi connectivity index (χ1) is 12.6. The van der Waals surface area contributed by atoms with Crippen LogP contribution in [0, 0.1) is 13.8 Å². The zero-order valence-electron chi connectivity index (χ0n) is 15.0. The zero-order valence-corrected chi connectivity index (χ0v) is 15.8. The second-order valence-electron chi connectivity index (χ2n) is 6.73. The molecule has 0 aliphatic carbocycles. The van der Waals surface area contributed by atoms with E-state index in [0.717, 1.165) is 59.0 Å². The van der Waals surface area contributed by atoms with Crippen molar-refractivity contribution in [3.8, 4) is 11.3 Å². The number of rotatable bonds is 3. The van der Waals surface area contributed by atoms with Gasteiger partial charge >= 0.3 is 0 Å². The fourth-order valence-corrected chi connectivity index (χ4v) is 4.54. The lowest BCUT2D eigenvalue weighted by molar-refractivity contribution is -0.120. The van der Waals surface area contributed by atoms with Gasteiger partial charge in [-0.25, -0.2) is 9.50 Å². The molecule has 1 fully saturated rings. The monoisotopic (exact) mass is 366 g/mol. The number of thioether (sulfide) groups is 1. The Labute approximate surface area is 157 Å². The highest BCUT2D eigenvalue weighted by molar-refractivity contribution is 8.00. The number of imidazole rings is 1. The van der Waals surface area contributed by atoms with Gasteiger partial charge in [0.15, 0.2) is 5.16 Å². The van der Waals surface area contributed by atoms with Crippen molar-refractivity contribution in [3.05, 3.63) is 47.7 Å². The smallest absolute Gasteiger partial charge is 0.233 e. The van der Waals surface area contributed by atoms with Crippen molar-refractivity contribution in [2.75, 3.05) is 6.54 Å². The Balaban J connectivity index is 1.83. The topological polar surface area (TPSA) is 59.3 Å². The number of benzene rings is 1. The fraction of sp³-hybridized carbons (Fsp3) is 0.350. The molecule has 1 aliphatic heterocycles. The van der Waals surface area contributed by atoms with E-state index in [1.54, 1.807) is 0 Å². The first kappa shape index (κ1) is 17.1. The van der Waals surface area contributed by atoms with Crippen LogP contribution in [0.2, 0.25) is 0 Å². The number of nitrogens with one attached hydrogen (secondary N) is 1. The maximum Gasteiger partial charge on any atom is 0.233 e. The standard InChI is InChI=1S/C20H22N4OS/c1-13-12-14(2)23-24-18(13)17(15-8-4-3-5-9-15)22-20(24)26-16-10-6-7-11-21-19(16)25/h3-5,8-9,12,16H,6-7,10-11H2,1-2H3,(H,21,25)/t16-/m0/s1. The second kappa shape index (κ2) is 7.11. The van der Waals surface area contributed by atoms with Crippen LogP contribution in [-0.4, -0.2) is 32.3 Å². The average Bonchev–Trinajstić information content (AvgIpc) is 2.86. The molecule has 3 aromatic rings. The number of carbonyl (C=O) groups is 1. The molecule has 3 heterocycles. The Hall–Kier alpha value is -2.34. The van der Waals surface area contributed by atoms with Crippen molar-refractivity contribution >= 4 is 23.2 Å². The van der Waals surface area contributed by atoms with Crippen LogP contribution in [0.3, 0.4) is 0 Å². The van der Waals surface area contributed by atoms with Gasteiger partial charge in [-0.1, -0.05) is 48.5 Å². The van der Waals surface area contributed by atoms with Gasteiger partial charge in [0.05, 0.1) is 22.2 Å². The third-order valence-electron chi connectivity index (χ3n) is 4.66. The number of fused-ring (bicyclic) bond motifs is 1. The molecule has 26 heavy (non-hydrogen) atoms. The highest BCUT2D eigenvalue weighted by atomic mass is 32.2. The lowest BCUT2D eigenvalue weighted by atomic mass is 10.1. The number of hydrogen-bond acceptors (Lipinski definition) is 4. The summed E-state index contributed by atoms with van der Waals surface area (Å²) in [5.41, 5.74) is 5.08. The first-order valence-electron chi connectivity index (χ1n) is 9.00. The molecular weight excluding hydrogens is 344 g/mol. The van der Waals surface area contributed by atoms with Crippen LogP contribution in [0.15, 0.2) is 41.6 Å². The summed E-state index contributed by atoms with van der Waals surface area (Å²) in [5, 5.41) is 8.37. The number of carbonyl (C=O) groups excluding carboxylic acids is 1. The van der Waals surface area contributed by atoms with Crippen LogP contribution in [0.4, 0.5) is 0 Å². The van der Waals surface area contributed by atoms with E-state index in [1.807, 2.05) is 29.6 Å². The van der Waals surface area contributed by atoms with E-state index in [2.05, 4.69) is 30.4 Å². The molecule has 2 aromatic heterocycles. The minimum atomic E-state index is -0.116. The molecule has 134 valence electrons. The van der Waals surface area contributed by atoms with Crippen LogP contribution < -0.4 is 5.32 Å². The summed E-state index contributed by atoms with van der Waals surface area (Å²) in [7, 11) is 0. The van der Waals surface area contributed by atoms with E-state index >= 15 is 0 Å². The van der Waals surface area contributed by atoms with Crippen molar-refractivity contribution in [2.45, 2.75) is 43.5 Å². The van der Waals surface area contributed by atoms with Crippen molar-refractivity contribution in [2.24, 2.45) is 0 Å². The van der Waals surface area contributed by atoms with Crippen LogP contribution in [0.25, 0.3) is 16.8 Å². The van der Waals surface area contributed by atoms with Crippen LogP contribution >= 0.6 is 11.8 Å². The summed E-state index contributed by atoms with van der Waals surface area (Å²) in [6.07, 6.45) is 2.96. The van der Waals surface area contributed by atoms with E-state index in [4.69, 9.17) is 10.1 Å². The Morgan fingerprint density at radius 1 is 1.19 bits per heavy atom. The average molecular weight is 366 g/mol. The Kier molecular flexibility index (Phi) is 4.68. The molecule has 1 amide bonds. The highest BCUT2D eigenvalue weighted by Gasteiger charge is 2.25. The molecule has 6 heteroatoms. The summed E-state index contributed by atoms with van der Waals surface area (Å²) in [5.74, 6) is 0.106. The summed E-state index contributed by atoms with van der Waals surface area (Å²) in [4.78, 5) is 17.3. The van der Waals surface area contributed by atoms with Gasteiger partial charge in [0.2, 0.25) is 5.91 Å². The molecule has 0 saturated carbocycles. The van der Waals surface area contributed by atoms with Crippen molar-refractivity contribution in [3.63, 3.8) is 0 Å². The SMILES string of the molecule is Cc1cc(C)c2c(-c3ccccc3)nc(S[C@H]3CCCCNC3=O)n2n1.